The average Bonchev–Trinajstić information content (AvgIpc) is 3.27. The molecule has 6 aromatic carbocycles. The molecule has 0 bridgehead atoms. The van der Waals surface area contributed by atoms with Gasteiger partial charge in [0.2, 0.25) is 0 Å². The lowest BCUT2D eigenvalue weighted by atomic mass is 9.92. The molecule has 0 fully saturated rings. The third-order valence-electron chi connectivity index (χ3n) is 7.27. The number of nitrogens with zero attached hydrogens (tertiary/aromatic N) is 1. The smallest absolute Gasteiger partial charge is 0.0625 e. The van der Waals surface area contributed by atoms with Gasteiger partial charge in [0.05, 0.1) is 16.6 Å². The summed E-state index contributed by atoms with van der Waals surface area (Å²) in [5, 5.41) is 13.0. The summed E-state index contributed by atoms with van der Waals surface area (Å²) in [5.41, 5.74) is 3.82. The van der Waals surface area contributed by atoms with E-state index < -0.39 is 0 Å². The molecule has 0 aliphatic carbocycles. The van der Waals surface area contributed by atoms with Crippen LogP contribution in [0.15, 0.2) is 115 Å². The van der Waals surface area contributed by atoms with Crippen LogP contribution in [0.3, 0.4) is 0 Å². The summed E-state index contributed by atoms with van der Waals surface area (Å²) in [5.74, 6) is 0. The van der Waals surface area contributed by atoms with Crippen LogP contribution in [0.5, 0.6) is 0 Å². The van der Waals surface area contributed by atoms with Crippen molar-refractivity contribution in [2.24, 2.45) is 0 Å². The van der Waals surface area contributed by atoms with Gasteiger partial charge in [-0.1, -0.05) is 91.0 Å². The minimum Gasteiger partial charge on any atom is -0.308 e. The molecule has 0 amide bonds. The van der Waals surface area contributed by atoms with Crippen LogP contribution in [-0.4, -0.2) is 4.40 Å². The molecule has 2 heterocycles. The molecule has 0 atom stereocenters. The van der Waals surface area contributed by atoms with Gasteiger partial charge in [0.25, 0.3) is 0 Å². The van der Waals surface area contributed by atoms with Gasteiger partial charge >= 0.3 is 0 Å². The van der Waals surface area contributed by atoms with Crippen LogP contribution in [0, 0.1) is 0 Å². The summed E-state index contributed by atoms with van der Waals surface area (Å²) in [4.78, 5) is 0. The summed E-state index contributed by atoms with van der Waals surface area (Å²) >= 11 is 0. The summed E-state index contributed by atoms with van der Waals surface area (Å²) in [6.45, 7) is 0. The van der Waals surface area contributed by atoms with Crippen molar-refractivity contribution in [3.8, 4) is 0 Å². The first-order valence-electron chi connectivity index (χ1n) is 11.5. The van der Waals surface area contributed by atoms with E-state index in [1.165, 1.54) is 70.4 Å². The molecule has 0 unspecified atom stereocenters. The number of benzene rings is 6. The maximum atomic E-state index is 2.50. The maximum Gasteiger partial charge on any atom is 0.0625 e. The first-order valence-corrected chi connectivity index (χ1v) is 11.5. The van der Waals surface area contributed by atoms with Crippen molar-refractivity contribution in [3.05, 3.63) is 115 Å². The normalized spacial score (nSPS) is 12.2. The van der Waals surface area contributed by atoms with E-state index in [1.54, 1.807) is 0 Å². The predicted molar refractivity (Wildman–Crippen MR) is 142 cm³/mol. The quantitative estimate of drug-likeness (QED) is 0.171. The molecule has 0 saturated heterocycles. The zero-order valence-electron chi connectivity index (χ0n) is 17.9. The van der Waals surface area contributed by atoms with Gasteiger partial charge in [0.15, 0.2) is 0 Å². The Bertz CT molecular complexity index is 2070. The standard InChI is InChI=1S/C32H19N/c1-2-10-21-18-28-27(17-20(21)9-1)30-19-22-11-3-8-16-29(22)33(30)32-26-15-7-5-13-24(26)23-12-4-6-14-25(23)31(28)32/h1-19H. The first-order chi connectivity index (χ1) is 16.4. The Balaban J connectivity index is 1.85. The highest BCUT2D eigenvalue weighted by Gasteiger charge is 2.18. The monoisotopic (exact) mass is 417 g/mol. The fourth-order valence-corrected chi connectivity index (χ4v) is 5.88. The zero-order chi connectivity index (χ0) is 21.5. The number of para-hydroxylation sites is 1. The van der Waals surface area contributed by atoms with Crippen molar-refractivity contribution >= 4 is 70.4 Å². The van der Waals surface area contributed by atoms with E-state index in [4.69, 9.17) is 0 Å². The Morgan fingerprint density at radius 2 is 0.909 bits per heavy atom. The van der Waals surface area contributed by atoms with Crippen LogP contribution in [0.25, 0.3) is 70.4 Å². The van der Waals surface area contributed by atoms with Crippen molar-refractivity contribution in [2.45, 2.75) is 0 Å². The molecule has 0 N–H and O–H groups in total. The zero-order valence-corrected chi connectivity index (χ0v) is 17.9. The third kappa shape index (κ3) is 2.16. The highest BCUT2D eigenvalue weighted by atomic mass is 14.9. The van der Waals surface area contributed by atoms with Gasteiger partial charge in [-0.25, -0.2) is 0 Å². The molecule has 152 valence electrons. The predicted octanol–water partition coefficient (Wildman–Crippen LogP) is 8.86. The second kappa shape index (κ2) is 6.11. The van der Waals surface area contributed by atoms with Crippen LogP contribution in [-0.2, 0) is 0 Å². The minimum absolute atomic E-state index is 1.26. The molecule has 0 saturated carbocycles. The van der Waals surface area contributed by atoms with Crippen LogP contribution in [0.4, 0.5) is 0 Å². The molecule has 2 aromatic heterocycles. The Morgan fingerprint density at radius 3 is 1.67 bits per heavy atom. The average molecular weight is 418 g/mol. The van der Waals surface area contributed by atoms with Gasteiger partial charge in [-0.2, -0.15) is 0 Å². The van der Waals surface area contributed by atoms with Crippen LogP contribution < -0.4 is 0 Å². The molecule has 0 spiro atoms. The molecule has 1 heteroatoms. The van der Waals surface area contributed by atoms with E-state index in [1.807, 2.05) is 0 Å². The molecule has 8 rings (SSSR count). The highest BCUT2D eigenvalue weighted by Crippen LogP contribution is 2.43. The molecule has 0 aliphatic heterocycles. The third-order valence-corrected chi connectivity index (χ3v) is 7.27. The highest BCUT2D eigenvalue weighted by molar-refractivity contribution is 6.33. The van der Waals surface area contributed by atoms with Crippen molar-refractivity contribution in [2.75, 3.05) is 0 Å². The number of fused-ring (bicyclic) bond motifs is 14. The van der Waals surface area contributed by atoms with Crippen molar-refractivity contribution < 1.29 is 0 Å². The molecule has 1 nitrogen and oxygen atoms in total. The number of rotatable bonds is 0. The number of hydrogen-bond donors (Lipinski definition) is 0. The number of hydrogen-bond acceptors (Lipinski definition) is 0. The summed E-state index contributed by atoms with van der Waals surface area (Å²) < 4.78 is 2.50. The summed E-state index contributed by atoms with van der Waals surface area (Å²) in [6, 6.07) is 42.3. The van der Waals surface area contributed by atoms with Gasteiger partial charge in [0, 0.05) is 21.5 Å². The van der Waals surface area contributed by atoms with Crippen LogP contribution >= 0.6 is 0 Å². The van der Waals surface area contributed by atoms with Crippen LogP contribution in [0.2, 0.25) is 0 Å². The van der Waals surface area contributed by atoms with E-state index >= 15 is 0 Å². The second-order valence-corrected chi connectivity index (χ2v) is 8.98. The van der Waals surface area contributed by atoms with E-state index in [2.05, 4.69) is 120 Å². The molecule has 0 aliphatic rings. The lowest BCUT2D eigenvalue weighted by Crippen LogP contribution is -1.94. The molecule has 0 radical (unpaired) electrons. The van der Waals surface area contributed by atoms with E-state index in [0.29, 0.717) is 0 Å². The number of aromatic nitrogens is 1. The Morgan fingerprint density at radius 1 is 0.364 bits per heavy atom. The van der Waals surface area contributed by atoms with Gasteiger partial charge in [-0.3, -0.25) is 0 Å². The fraction of sp³-hybridized carbons (Fsp3) is 0. The number of pyridine rings is 1. The Kier molecular flexibility index (Phi) is 3.19. The minimum atomic E-state index is 1.26. The van der Waals surface area contributed by atoms with Gasteiger partial charge in [0.1, 0.15) is 0 Å². The SMILES string of the molecule is c1ccc2cc3c(cc2c1)c1c2ccccc2c2ccccc2c1n1c2ccccc2cc31. The summed E-state index contributed by atoms with van der Waals surface area (Å²) in [6.07, 6.45) is 0. The molecule has 33 heavy (non-hydrogen) atoms. The second-order valence-electron chi connectivity index (χ2n) is 8.98. The van der Waals surface area contributed by atoms with Crippen LogP contribution in [0.1, 0.15) is 0 Å². The maximum absolute atomic E-state index is 2.50. The van der Waals surface area contributed by atoms with E-state index in [9.17, 15) is 0 Å². The van der Waals surface area contributed by atoms with Gasteiger partial charge < -0.3 is 4.40 Å². The van der Waals surface area contributed by atoms with E-state index in [0.717, 1.165) is 0 Å². The van der Waals surface area contributed by atoms with Gasteiger partial charge in [-0.05, 0) is 56.6 Å². The summed E-state index contributed by atoms with van der Waals surface area (Å²) in [7, 11) is 0. The molecular weight excluding hydrogens is 398 g/mol. The molecular formula is C32H19N. The lowest BCUT2D eigenvalue weighted by molar-refractivity contribution is 1.36. The Hall–Kier alpha value is -4.36. The molecule has 8 aromatic rings. The fourth-order valence-electron chi connectivity index (χ4n) is 5.88. The largest absolute Gasteiger partial charge is 0.308 e. The van der Waals surface area contributed by atoms with E-state index in [-0.39, 0.29) is 0 Å². The van der Waals surface area contributed by atoms with Crippen molar-refractivity contribution in [1.82, 2.24) is 4.40 Å². The first kappa shape index (κ1) is 17.2. The Labute approximate surface area is 190 Å². The topological polar surface area (TPSA) is 4.41 Å². The van der Waals surface area contributed by atoms with Crippen molar-refractivity contribution in [1.29, 1.82) is 0 Å². The van der Waals surface area contributed by atoms with Gasteiger partial charge in [-0.15, -0.1) is 0 Å². The lowest BCUT2D eigenvalue weighted by Gasteiger charge is -2.17. The van der Waals surface area contributed by atoms with Crippen molar-refractivity contribution in [3.63, 3.8) is 0 Å².